The lowest BCUT2D eigenvalue weighted by Crippen LogP contribution is -2.46. The number of anilines is 2. The number of methoxy groups -OCH3 is 1. The zero-order chi connectivity index (χ0) is 27.0. The number of aliphatic carboxylic acids is 1. The number of rotatable bonds is 6. The highest BCUT2D eigenvalue weighted by molar-refractivity contribution is 6.31. The van der Waals surface area contributed by atoms with E-state index in [-0.39, 0.29) is 23.8 Å². The first-order valence-electron chi connectivity index (χ1n) is 12.5. The van der Waals surface area contributed by atoms with Gasteiger partial charge >= 0.3 is 5.97 Å². The molecule has 0 amide bonds. The first-order chi connectivity index (χ1) is 18.3. The Morgan fingerprint density at radius 3 is 2.55 bits per heavy atom. The van der Waals surface area contributed by atoms with Gasteiger partial charge in [0.25, 0.3) is 0 Å². The van der Waals surface area contributed by atoms with Gasteiger partial charge in [-0.25, -0.2) is 13.8 Å². The molecule has 0 saturated carbocycles. The summed E-state index contributed by atoms with van der Waals surface area (Å²) in [6, 6.07) is 14.2. The molecule has 1 unspecified atom stereocenters. The zero-order valence-corrected chi connectivity index (χ0v) is 21.9. The normalized spacial score (nSPS) is 17.7. The van der Waals surface area contributed by atoms with E-state index < -0.39 is 17.8 Å². The smallest absolute Gasteiger partial charge is 0.305 e. The molecule has 0 aromatic heterocycles. The number of halogens is 3. The van der Waals surface area contributed by atoms with Gasteiger partial charge in [-0.2, -0.15) is 0 Å². The zero-order valence-electron chi connectivity index (χ0n) is 21.1. The van der Waals surface area contributed by atoms with Crippen molar-refractivity contribution in [2.24, 2.45) is 10.9 Å². The third kappa shape index (κ3) is 4.92. The van der Waals surface area contributed by atoms with Crippen LogP contribution in [0.1, 0.15) is 36.4 Å². The Kier molecular flexibility index (Phi) is 7.25. The van der Waals surface area contributed by atoms with Gasteiger partial charge in [0, 0.05) is 35.3 Å². The average molecular weight is 540 g/mol. The maximum atomic E-state index is 15.1. The molecular weight excluding hydrogens is 512 g/mol. The molecule has 0 bridgehead atoms. The third-order valence-electron chi connectivity index (χ3n) is 7.30. The number of benzene rings is 3. The fourth-order valence-electron chi connectivity index (χ4n) is 5.40. The number of carboxylic acids is 1. The summed E-state index contributed by atoms with van der Waals surface area (Å²) in [5.74, 6) is -0.732. The van der Waals surface area contributed by atoms with Gasteiger partial charge in [-0.05, 0) is 67.8 Å². The second-order valence-corrected chi connectivity index (χ2v) is 10.1. The highest BCUT2D eigenvalue weighted by Gasteiger charge is 2.39. The van der Waals surface area contributed by atoms with E-state index in [9.17, 15) is 14.3 Å². The number of para-hydroxylation sites is 1. The van der Waals surface area contributed by atoms with Gasteiger partial charge in [0.2, 0.25) is 0 Å². The summed E-state index contributed by atoms with van der Waals surface area (Å²) in [7, 11) is 1.54. The van der Waals surface area contributed by atoms with Crippen molar-refractivity contribution in [1.82, 2.24) is 0 Å². The number of piperidine rings is 1. The molecule has 5 rings (SSSR count). The number of aliphatic imine (C=N–C) groups is 1. The van der Waals surface area contributed by atoms with Gasteiger partial charge in [-0.15, -0.1) is 0 Å². The summed E-state index contributed by atoms with van der Waals surface area (Å²) in [6.45, 7) is 3.11. The van der Waals surface area contributed by atoms with Crippen LogP contribution in [0.25, 0.3) is 0 Å². The van der Waals surface area contributed by atoms with Crippen LogP contribution in [0.2, 0.25) is 5.02 Å². The summed E-state index contributed by atoms with van der Waals surface area (Å²) in [5.41, 5.74) is 2.78. The second-order valence-electron chi connectivity index (χ2n) is 9.64. The largest absolute Gasteiger partial charge is 0.495 e. The Balaban J connectivity index is 1.57. The summed E-state index contributed by atoms with van der Waals surface area (Å²) in [5, 5.41) is 10.3. The van der Waals surface area contributed by atoms with E-state index in [0.29, 0.717) is 59.4 Å². The molecule has 1 saturated heterocycles. The third-order valence-corrected chi connectivity index (χ3v) is 7.53. The van der Waals surface area contributed by atoms with Crippen LogP contribution in [0, 0.1) is 24.5 Å². The molecule has 1 atom stereocenters. The number of carboxylic acid groups (broad SMARTS) is 1. The van der Waals surface area contributed by atoms with Crippen molar-refractivity contribution in [1.29, 1.82) is 0 Å². The fourth-order valence-corrected chi connectivity index (χ4v) is 5.57. The number of hydrogen-bond acceptors (Lipinski definition) is 5. The molecular formula is C29H28ClF2N3O3. The molecule has 1 N–H and O–H groups in total. The Morgan fingerprint density at radius 1 is 1.11 bits per heavy atom. The van der Waals surface area contributed by atoms with Crippen LogP contribution < -0.4 is 14.5 Å². The van der Waals surface area contributed by atoms with E-state index in [1.54, 1.807) is 43.3 Å². The first-order valence-corrected chi connectivity index (χ1v) is 12.9. The highest BCUT2D eigenvalue weighted by atomic mass is 35.5. The number of nitrogens with zero attached hydrogens (tertiary/aromatic N) is 3. The minimum Gasteiger partial charge on any atom is -0.495 e. The summed E-state index contributed by atoms with van der Waals surface area (Å²) in [4.78, 5) is 20.9. The molecule has 3 aromatic carbocycles. The molecule has 2 aliphatic heterocycles. The molecule has 198 valence electrons. The maximum absolute atomic E-state index is 15.1. The molecule has 2 heterocycles. The summed E-state index contributed by atoms with van der Waals surface area (Å²) < 4.78 is 34.5. The molecule has 38 heavy (non-hydrogen) atoms. The first kappa shape index (κ1) is 26.0. The van der Waals surface area contributed by atoms with Crippen molar-refractivity contribution < 1.29 is 23.4 Å². The standard InChI is InChI=1S/C29H28ClF2N3O3/c1-17-14-20(7-8-22(17)31)34-12-10-18(11-13-34)29-33-28-21(4-3-5-23(28)32)24(16-27(36)37)35(29)25-15-19(30)6-9-26(25)38-2/h3-9,14-15,18,24H,10-13,16H2,1-2H3,(H,36,37). The van der Waals surface area contributed by atoms with Crippen LogP contribution >= 0.6 is 11.6 Å². The molecule has 1 fully saturated rings. The van der Waals surface area contributed by atoms with E-state index >= 15 is 4.39 Å². The van der Waals surface area contributed by atoms with Gasteiger partial charge in [-0.3, -0.25) is 4.79 Å². The number of amidine groups is 1. The Morgan fingerprint density at radius 2 is 1.87 bits per heavy atom. The van der Waals surface area contributed by atoms with Gasteiger partial charge in [-0.1, -0.05) is 23.7 Å². The number of hydrogen-bond donors (Lipinski definition) is 1. The van der Waals surface area contributed by atoms with Crippen LogP contribution in [-0.2, 0) is 4.79 Å². The van der Waals surface area contributed by atoms with Crippen LogP contribution in [0.15, 0.2) is 59.6 Å². The average Bonchev–Trinajstić information content (AvgIpc) is 2.90. The number of aryl methyl sites for hydroxylation is 1. The molecule has 0 aliphatic carbocycles. The van der Waals surface area contributed by atoms with Crippen molar-refractivity contribution in [3.63, 3.8) is 0 Å². The minimum atomic E-state index is -1.01. The molecule has 2 aliphatic rings. The van der Waals surface area contributed by atoms with Crippen LogP contribution in [0.5, 0.6) is 5.75 Å². The maximum Gasteiger partial charge on any atom is 0.305 e. The summed E-state index contributed by atoms with van der Waals surface area (Å²) in [6.07, 6.45) is 1.12. The quantitative estimate of drug-likeness (QED) is 0.368. The summed E-state index contributed by atoms with van der Waals surface area (Å²) >= 11 is 6.38. The van der Waals surface area contributed by atoms with Gasteiger partial charge in [0.15, 0.2) is 0 Å². The van der Waals surface area contributed by atoms with Crippen molar-refractivity contribution in [2.45, 2.75) is 32.2 Å². The van der Waals surface area contributed by atoms with Crippen molar-refractivity contribution in [3.8, 4) is 5.75 Å². The lowest BCUT2D eigenvalue weighted by molar-refractivity contribution is -0.137. The second kappa shape index (κ2) is 10.6. The molecule has 0 radical (unpaired) electrons. The van der Waals surface area contributed by atoms with Crippen molar-refractivity contribution in [3.05, 3.63) is 82.4 Å². The topological polar surface area (TPSA) is 65.4 Å². The van der Waals surface area contributed by atoms with E-state index in [0.717, 1.165) is 5.69 Å². The van der Waals surface area contributed by atoms with Crippen molar-refractivity contribution >= 4 is 40.5 Å². The van der Waals surface area contributed by atoms with Crippen LogP contribution in [-0.4, -0.2) is 37.1 Å². The predicted octanol–water partition coefficient (Wildman–Crippen LogP) is 6.92. The lowest BCUT2D eigenvalue weighted by atomic mass is 9.89. The molecule has 3 aromatic rings. The molecule has 9 heteroatoms. The lowest BCUT2D eigenvalue weighted by Gasteiger charge is -2.43. The fraction of sp³-hybridized carbons (Fsp3) is 0.310. The van der Waals surface area contributed by atoms with E-state index in [4.69, 9.17) is 21.3 Å². The minimum absolute atomic E-state index is 0.0828. The Labute approximate surface area is 225 Å². The Bertz CT molecular complexity index is 1410. The SMILES string of the molecule is COc1ccc(Cl)cc1N1C(C2CCN(c3ccc(F)c(C)c3)CC2)=Nc2c(F)cccc2C1CC(=O)O. The number of ether oxygens (including phenoxy) is 1. The van der Waals surface area contributed by atoms with Crippen LogP contribution in [0.4, 0.5) is 25.8 Å². The van der Waals surface area contributed by atoms with Gasteiger partial charge in [0.1, 0.15) is 28.9 Å². The monoisotopic (exact) mass is 539 g/mol. The molecule has 6 nitrogen and oxygen atoms in total. The number of fused-ring (bicyclic) bond motifs is 1. The van der Waals surface area contributed by atoms with E-state index in [1.165, 1.54) is 19.2 Å². The van der Waals surface area contributed by atoms with E-state index in [2.05, 4.69) is 4.90 Å². The Hall–Kier alpha value is -3.65. The highest BCUT2D eigenvalue weighted by Crippen LogP contribution is 2.46. The number of carbonyl (C=O) groups is 1. The molecule has 0 spiro atoms. The van der Waals surface area contributed by atoms with Gasteiger partial charge < -0.3 is 19.6 Å². The van der Waals surface area contributed by atoms with Crippen molar-refractivity contribution in [2.75, 3.05) is 30.0 Å². The predicted molar refractivity (Wildman–Crippen MR) is 145 cm³/mol. The van der Waals surface area contributed by atoms with Gasteiger partial charge in [0.05, 0.1) is 25.3 Å². The van der Waals surface area contributed by atoms with E-state index in [1.807, 2.05) is 11.0 Å². The van der Waals surface area contributed by atoms with Crippen LogP contribution in [0.3, 0.4) is 0 Å².